The van der Waals surface area contributed by atoms with Gasteiger partial charge < -0.3 is 9.73 Å². The van der Waals surface area contributed by atoms with Crippen LogP contribution in [0.5, 0.6) is 0 Å². The zero-order valence-corrected chi connectivity index (χ0v) is 12.7. The van der Waals surface area contributed by atoms with E-state index in [1.807, 2.05) is 6.26 Å². The minimum Gasteiger partial charge on any atom is -0.467 e. The lowest BCUT2D eigenvalue weighted by atomic mass is 9.76. The SMILES string of the molecule is CCCNC(c1occc1C)C1CCCC(CC)C1. The topological polar surface area (TPSA) is 25.2 Å². The normalized spacial score (nSPS) is 25.4. The van der Waals surface area contributed by atoms with E-state index in [0.29, 0.717) is 6.04 Å². The summed E-state index contributed by atoms with van der Waals surface area (Å²) in [6.07, 6.45) is 9.85. The van der Waals surface area contributed by atoms with Gasteiger partial charge in [-0.1, -0.05) is 33.1 Å². The Bertz CT molecular complexity index is 371. The lowest BCUT2D eigenvalue weighted by molar-refractivity contribution is 0.193. The second-order valence-corrected chi connectivity index (χ2v) is 6.10. The molecule has 1 fully saturated rings. The number of aryl methyl sites for hydroxylation is 1. The maximum absolute atomic E-state index is 5.78. The van der Waals surface area contributed by atoms with Gasteiger partial charge >= 0.3 is 0 Å². The fourth-order valence-corrected chi connectivity index (χ4v) is 3.48. The van der Waals surface area contributed by atoms with Crippen LogP contribution in [0.1, 0.15) is 69.7 Å². The summed E-state index contributed by atoms with van der Waals surface area (Å²) in [6.45, 7) is 7.81. The predicted octanol–water partition coefficient (Wildman–Crippen LogP) is 4.85. The number of furan rings is 1. The molecule has 0 radical (unpaired) electrons. The van der Waals surface area contributed by atoms with Gasteiger partial charge in [0.1, 0.15) is 5.76 Å². The molecule has 2 rings (SSSR count). The molecule has 3 unspecified atom stereocenters. The largest absolute Gasteiger partial charge is 0.467 e. The molecule has 0 aromatic carbocycles. The van der Waals surface area contributed by atoms with E-state index in [1.165, 1.54) is 49.8 Å². The first-order valence-electron chi connectivity index (χ1n) is 8.03. The Kier molecular flexibility index (Phi) is 5.50. The molecule has 1 aromatic heterocycles. The average molecular weight is 263 g/mol. The first kappa shape index (κ1) is 14.6. The summed E-state index contributed by atoms with van der Waals surface area (Å²) in [5.41, 5.74) is 1.30. The van der Waals surface area contributed by atoms with Crippen LogP contribution in [0.25, 0.3) is 0 Å². The Balaban J connectivity index is 2.10. The van der Waals surface area contributed by atoms with E-state index in [4.69, 9.17) is 4.42 Å². The molecule has 2 nitrogen and oxygen atoms in total. The molecule has 2 heteroatoms. The third kappa shape index (κ3) is 3.62. The highest BCUT2D eigenvalue weighted by Gasteiger charge is 2.30. The van der Waals surface area contributed by atoms with Gasteiger partial charge in [0.25, 0.3) is 0 Å². The monoisotopic (exact) mass is 263 g/mol. The Hall–Kier alpha value is -0.760. The van der Waals surface area contributed by atoms with Crippen LogP contribution < -0.4 is 5.32 Å². The van der Waals surface area contributed by atoms with Crippen LogP contribution >= 0.6 is 0 Å². The van der Waals surface area contributed by atoms with Gasteiger partial charge in [0, 0.05) is 0 Å². The lowest BCUT2D eigenvalue weighted by Crippen LogP contribution is -2.32. The van der Waals surface area contributed by atoms with Gasteiger partial charge in [0.2, 0.25) is 0 Å². The van der Waals surface area contributed by atoms with Gasteiger partial charge in [-0.15, -0.1) is 0 Å². The van der Waals surface area contributed by atoms with Gasteiger partial charge in [-0.3, -0.25) is 0 Å². The van der Waals surface area contributed by atoms with Crippen molar-refractivity contribution in [3.63, 3.8) is 0 Å². The summed E-state index contributed by atoms with van der Waals surface area (Å²) < 4.78 is 5.78. The fourth-order valence-electron chi connectivity index (χ4n) is 3.48. The molecule has 1 aromatic rings. The van der Waals surface area contributed by atoms with Crippen molar-refractivity contribution >= 4 is 0 Å². The molecular formula is C17H29NO. The molecular weight excluding hydrogens is 234 g/mol. The second kappa shape index (κ2) is 7.14. The highest BCUT2D eigenvalue weighted by atomic mass is 16.3. The lowest BCUT2D eigenvalue weighted by Gasteiger charge is -2.34. The molecule has 1 N–H and O–H groups in total. The van der Waals surface area contributed by atoms with E-state index >= 15 is 0 Å². The molecule has 1 heterocycles. The fraction of sp³-hybridized carbons (Fsp3) is 0.765. The quantitative estimate of drug-likeness (QED) is 0.794. The minimum absolute atomic E-state index is 0.421. The summed E-state index contributed by atoms with van der Waals surface area (Å²) in [6, 6.07) is 2.51. The van der Waals surface area contributed by atoms with Crippen LogP contribution in [-0.2, 0) is 0 Å². The number of rotatable bonds is 6. The number of nitrogens with one attached hydrogen (secondary N) is 1. The average Bonchev–Trinajstić information content (AvgIpc) is 2.86. The Morgan fingerprint density at radius 3 is 2.84 bits per heavy atom. The van der Waals surface area contributed by atoms with Crippen LogP contribution in [0.15, 0.2) is 16.7 Å². The molecule has 0 bridgehead atoms. The minimum atomic E-state index is 0.421. The first-order chi connectivity index (χ1) is 9.26. The van der Waals surface area contributed by atoms with Crippen molar-refractivity contribution in [3.05, 3.63) is 23.7 Å². The standard InChI is InChI=1S/C17H29NO/c1-4-10-18-16(17-13(3)9-11-19-17)15-8-6-7-14(5-2)12-15/h9,11,14-16,18H,4-8,10,12H2,1-3H3. The summed E-state index contributed by atoms with van der Waals surface area (Å²) in [4.78, 5) is 0. The maximum atomic E-state index is 5.78. The molecule has 19 heavy (non-hydrogen) atoms. The van der Waals surface area contributed by atoms with Crippen molar-refractivity contribution < 1.29 is 4.42 Å². The summed E-state index contributed by atoms with van der Waals surface area (Å²) in [7, 11) is 0. The maximum Gasteiger partial charge on any atom is 0.123 e. The molecule has 0 saturated heterocycles. The van der Waals surface area contributed by atoms with Crippen LogP contribution in [0.4, 0.5) is 0 Å². The Labute approximate surface area is 118 Å². The summed E-state index contributed by atoms with van der Waals surface area (Å²) in [5, 5.41) is 3.73. The molecule has 3 atom stereocenters. The van der Waals surface area contributed by atoms with Crippen LogP contribution in [0.3, 0.4) is 0 Å². The molecule has 108 valence electrons. The van der Waals surface area contributed by atoms with Crippen LogP contribution in [0.2, 0.25) is 0 Å². The number of hydrogen-bond acceptors (Lipinski definition) is 2. The molecule has 0 spiro atoms. The van der Waals surface area contributed by atoms with Crippen molar-refractivity contribution in [2.24, 2.45) is 11.8 Å². The smallest absolute Gasteiger partial charge is 0.123 e. The van der Waals surface area contributed by atoms with Crippen molar-refractivity contribution in [3.8, 4) is 0 Å². The van der Waals surface area contributed by atoms with Gasteiger partial charge in [-0.25, -0.2) is 0 Å². The van der Waals surface area contributed by atoms with Gasteiger partial charge in [0.15, 0.2) is 0 Å². The van der Waals surface area contributed by atoms with Gasteiger partial charge in [-0.05, 0) is 56.2 Å². The van der Waals surface area contributed by atoms with E-state index in [9.17, 15) is 0 Å². The Morgan fingerprint density at radius 1 is 1.37 bits per heavy atom. The summed E-state index contributed by atoms with van der Waals surface area (Å²) >= 11 is 0. The summed E-state index contributed by atoms with van der Waals surface area (Å²) in [5.74, 6) is 2.84. The first-order valence-corrected chi connectivity index (χ1v) is 8.03. The van der Waals surface area contributed by atoms with E-state index in [2.05, 4.69) is 32.2 Å². The van der Waals surface area contributed by atoms with E-state index in [0.717, 1.165) is 18.4 Å². The molecule has 1 saturated carbocycles. The van der Waals surface area contributed by atoms with Gasteiger partial charge in [0.05, 0.1) is 12.3 Å². The van der Waals surface area contributed by atoms with Crippen molar-refractivity contribution in [1.82, 2.24) is 5.32 Å². The van der Waals surface area contributed by atoms with E-state index in [1.54, 1.807) is 0 Å². The van der Waals surface area contributed by atoms with Crippen molar-refractivity contribution in [1.29, 1.82) is 0 Å². The van der Waals surface area contributed by atoms with Crippen LogP contribution in [0, 0.1) is 18.8 Å². The molecule has 1 aliphatic carbocycles. The molecule has 0 aliphatic heterocycles. The van der Waals surface area contributed by atoms with Crippen molar-refractivity contribution in [2.45, 2.75) is 65.3 Å². The number of hydrogen-bond donors (Lipinski definition) is 1. The molecule has 0 amide bonds. The third-order valence-corrected chi connectivity index (χ3v) is 4.67. The Morgan fingerprint density at radius 2 is 2.21 bits per heavy atom. The molecule has 1 aliphatic rings. The highest BCUT2D eigenvalue weighted by Crippen LogP contribution is 2.39. The third-order valence-electron chi connectivity index (χ3n) is 4.67. The highest BCUT2D eigenvalue weighted by molar-refractivity contribution is 5.19. The van der Waals surface area contributed by atoms with Crippen molar-refractivity contribution in [2.75, 3.05) is 6.54 Å². The van der Waals surface area contributed by atoms with Gasteiger partial charge in [-0.2, -0.15) is 0 Å². The zero-order chi connectivity index (χ0) is 13.7. The predicted molar refractivity (Wildman–Crippen MR) is 80.2 cm³/mol. The van der Waals surface area contributed by atoms with Crippen LogP contribution in [-0.4, -0.2) is 6.54 Å². The second-order valence-electron chi connectivity index (χ2n) is 6.10. The zero-order valence-electron chi connectivity index (χ0n) is 12.7. The van der Waals surface area contributed by atoms with E-state index < -0.39 is 0 Å². The van der Waals surface area contributed by atoms with E-state index in [-0.39, 0.29) is 0 Å².